The topological polar surface area (TPSA) is 37.4 Å². The van der Waals surface area contributed by atoms with Crippen LogP contribution in [0.4, 0.5) is 0 Å². The lowest BCUT2D eigenvalue weighted by Gasteiger charge is -2.14. The van der Waals surface area contributed by atoms with Crippen molar-refractivity contribution in [3.05, 3.63) is 38.7 Å². The Hall–Kier alpha value is -0.970. The van der Waals surface area contributed by atoms with Crippen LogP contribution in [0.3, 0.4) is 0 Å². The number of imide groups is 1. The fraction of sp³-hybridized carbons (Fsp3) is 0.412. The molecule has 0 fully saturated rings. The molecule has 0 bridgehead atoms. The van der Waals surface area contributed by atoms with Gasteiger partial charge in [0.2, 0.25) is 0 Å². The maximum absolute atomic E-state index is 12.8. The van der Waals surface area contributed by atoms with Crippen LogP contribution in [-0.2, 0) is 9.59 Å². The molecule has 1 aromatic rings. The predicted octanol–water partition coefficient (Wildman–Crippen LogP) is 5.02. The van der Waals surface area contributed by atoms with E-state index in [4.69, 9.17) is 23.2 Å². The maximum Gasteiger partial charge on any atom is 0.267 e. The van der Waals surface area contributed by atoms with Crippen LogP contribution in [0.25, 0.3) is 5.57 Å². The van der Waals surface area contributed by atoms with Crippen LogP contribution in [0.2, 0.25) is 10.0 Å². The molecule has 0 spiro atoms. The summed E-state index contributed by atoms with van der Waals surface area (Å²) in [7, 11) is 0. The van der Waals surface area contributed by atoms with E-state index in [2.05, 4.69) is 0 Å². The summed E-state index contributed by atoms with van der Waals surface area (Å²) in [6, 6.07) is 4.98. The van der Waals surface area contributed by atoms with Gasteiger partial charge in [0.1, 0.15) is 0 Å². The number of halogens is 2. The predicted molar refractivity (Wildman–Crippen MR) is 97.7 cm³/mol. The van der Waals surface area contributed by atoms with Gasteiger partial charge in [-0.3, -0.25) is 14.5 Å². The van der Waals surface area contributed by atoms with Gasteiger partial charge in [-0.2, -0.15) is 0 Å². The van der Waals surface area contributed by atoms with Crippen LogP contribution in [0, 0.1) is 0 Å². The van der Waals surface area contributed by atoms with Gasteiger partial charge in [0.15, 0.2) is 0 Å². The van der Waals surface area contributed by atoms with E-state index in [1.54, 1.807) is 18.2 Å². The quantitative estimate of drug-likeness (QED) is 0.659. The Kier molecular flexibility index (Phi) is 6.18. The Labute approximate surface area is 151 Å². The van der Waals surface area contributed by atoms with Crippen molar-refractivity contribution in [3.63, 3.8) is 0 Å². The molecule has 0 aromatic heterocycles. The number of nitrogens with zero attached hydrogens (tertiary/aromatic N) is 1. The molecule has 23 heavy (non-hydrogen) atoms. The van der Waals surface area contributed by atoms with Crippen LogP contribution < -0.4 is 0 Å². The first kappa shape index (κ1) is 18.4. The Morgan fingerprint density at radius 3 is 2.43 bits per heavy atom. The summed E-state index contributed by atoms with van der Waals surface area (Å²) in [6.45, 7) is 6.45. The minimum absolute atomic E-state index is 0.189. The van der Waals surface area contributed by atoms with Crippen molar-refractivity contribution >= 4 is 52.4 Å². The molecular formula is C17H19Cl2NO2S. The molecule has 0 atom stereocenters. The Bertz CT molecular complexity index is 671. The number of amides is 2. The third kappa shape index (κ3) is 3.93. The summed E-state index contributed by atoms with van der Waals surface area (Å²) in [5, 5.41) is 1.07. The number of rotatable bonds is 6. The molecule has 1 heterocycles. The zero-order chi connectivity index (χ0) is 17.1. The van der Waals surface area contributed by atoms with E-state index in [9.17, 15) is 9.59 Å². The van der Waals surface area contributed by atoms with Gasteiger partial charge in [0.05, 0.1) is 15.5 Å². The van der Waals surface area contributed by atoms with Gasteiger partial charge in [-0.1, -0.05) is 56.5 Å². The fourth-order valence-electron chi connectivity index (χ4n) is 2.35. The monoisotopic (exact) mass is 371 g/mol. The van der Waals surface area contributed by atoms with E-state index in [-0.39, 0.29) is 17.1 Å². The minimum Gasteiger partial charge on any atom is -0.274 e. The average Bonchev–Trinajstić information content (AvgIpc) is 2.69. The molecule has 0 unspecified atom stereocenters. The second-order valence-corrected chi connectivity index (χ2v) is 8.04. The van der Waals surface area contributed by atoms with Gasteiger partial charge in [-0.05, 0) is 18.6 Å². The molecule has 0 saturated carbocycles. The van der Waals surface area contributed by atoms with Crippen LogP contribution in [-0.4, -0.2) is 28.5 Å². The summed E-state index contributed by atoms with van der Waals surface area (Å²) >= 11 is 13.6. The van der Waals surface area contributed by atoms with E-state index in [0.29, 0.717) is 32.6 Å². The first-order valence-electron chi connectivity index (χ1n) is 7.59. The number of benzene rings is 1. The summed E-state index contributed by atoms with van der Waals surface area (Å²) in [6.07, 6.45) is 1.71. The van der Waals surface area contributed by atoms with Crippen molar-refractivity contribution < 1.29 is 9.59 Å². The van der Waals surface area contributed by atoms with Crippen molar-refractivity contribution in [2.45, 2.75) is 38.9 Å². The molecule has 0 saturated heterocycles. The largest absolute Gasteiger partial charge is 0.274 e. The number of unbranched alkanes of at least 4 members (excludes halogenated alkanes) is 1. The molecule has 124 valence electrons. The lowest BCUT2D eigenvalue weighted by Crippen LogP contribution is -2.32. The highest BCUT2D eigenvalue weighted by molar-refractivity contribution is 8.04. The van der Waals surface area contributed by atoms with Crippen molar-refractivity contribution in [2.75, 3.05) is 6.54 Å². The van der Waals surface area contributed by atoms with Gasteiger partial charge >= 0.3 is 0 Å². The van der Waals surface area contributed by atoms with Gasteiger partial charge in [0.25, 0.3) is 11.8 Å². The zero-order valence-corrected chi connectivity index (χ0v) is 15.7. The van der Waals surface area contributed by atoms with E-state index < -0.39 is 0 Å². The average molecular weight is 372 g/mol. The molecule has 1 aliphatic heterocycles. The maximum atomic E-state index is 12.8. The molecule has 0 radical (unpaired) electrons. The standard InChI is InChI=1S/C17H19Cl2NO2S/c1-4-5-8-20-16(21)14(15(17(20)22)23-10(2)3)12-7-6-11(18)9-13(12)19/h6-7,9-10H,4-5,8H2,1-3H3. The van der Waals surface area contributed by atoms with Crippen molar-refractivity contribution in [1.29, 1.82) is 0 Å². The highest BCUT2D eigenvalue weighted by Crippen LogP contribution is 2.40. The first-order valence-corrected chi connectivity index (χ1v) is 9.22. The van der Waals surface area contributed by atoms with E-state index in [1.165, 1.54) is 16.7 Å². The van der Waals surface area contributed by atoms with Gasteiger partial charge in [0, 0.05) is 22.4 Å². The van der Waals surface area contributed by atoms with Gasteiger partial charge < -0.3 is 0 Å². The summed E-state index contributed by atoms with van der Waals surface area (Å²) in [5.74, 6) is -0.487. The third-order valence-corrected chi connectivity index (χ3v) is 5.05. The molecule has 0 aliphatic carbocycles. The normalized spacial score (nSPS) is 15.3. The second-order valence-electron chi connectivity index (χ2n) is 5.61. The third-order valence-electron chi connectivity index (χ3n) is 3.41. The van der Waals surface area contributed by atoms with Crippen LogP contribution >= 0.6 is 35.0 Å². The highest BCUT2D eigenvalue weighted by atomic mass is 35.5. The molecular weight excluding hydrogens is 353 g/mol. The van der Waals surface area contributed by atoms with Crippen LogP contribution in [0.1, 0.15) is 39.2 Å². The number of carbonyl (C=O) groups excluding carboxylic acids is 2. The Balaban J connectivity index is 2.51. The van der Waals surface area contributed by atoms with E-state index >= 15 is 0 Å². The molecule has 2 amide bonds. The van der Waals surface area contributed by atoms with Crippen LogP contribution in [0.15, 0.2) is 23.1 Å². The summed E-state index contributed by atoms with van der Waals surface area (Å²) in [5.41, 5.74) is 0.961. The van der Waals surface area contributed by atoms with Crippen molar-refractivity contribution in [2.24, 2.45) is 0 Å². The summed E-state index contributed by atoms with van der Waals surface area (Å²) < 4.78 is 0. The number of thioether (sulfide) groups is 1. The molecule has 6 heteroatoms. The van der Waals surface area contributed by atoms with Crippen LogP contribution in [0.5, 0.6) is 0 Å². The van der Waals surface area contributed by atoms with Gasteiger partial charge in [-0.25, -0.2) is 0 Å². The summed E-state index contributed by atoms with van der Waals surface area (Å²) in [4.78, 5) is 27.3. The lowest BCUT2D eigenvalue weighted by atomic mass is 10.1. The Morgan fingerprint density at radius 1 is 1.17 bits per heavy atom. The Morgan fingerprint density at radius 2 is 1.87 bits per heavy atom. The van der Waals surface area contributed by atoms with Crippen molar-refractivity contribution in [3.8, 4) is 0 Å². The zero-order valence-electron chi connectivity index (χ0n) is 13.4. The molecule has 3 nitrogen and oxygen atoms in total. The van der Waals surface area contributed by atoms with E-state index in [0.717, 1.165) is 12.8 Å². The lowest BCUT2D eigenvalue weighted by molar-refractivity contribution is -0.136. The molecule has 2 rings (SSSR count). The van der Waals surface area contributed by atoms with Crippen molar-refractivity contribution in [1.82, 2.24) is 4.90 Å². The second kappa shape index (κ2) is 7.73. The number of hydrogen-bond donors (Lipinski definition) is 0. The van der Waals surface area contributed by atoms with Gasteiger partial charge in [-0.15, -0.1) is 11.8 Å². The number of hydrogen-bond acceptors (Lipinski definition) is 3. The molecule has 0 N–H and O–H groups in total. The molecule has 1 aromatic carbocycles. The smallest absolute Gasteiger partial charge is 0.267 e. The first-order chi connectivity index (χ1) is 10.9. The highest BCUT2D eigenvalue weighted by Gasteiger charge is 2.39. The van der Waals surface area contributed by atoms with E-state index in [1.807, 2.05) is 20.8 Å². The molecule has 1 aliphatic rings. The fourth-order valence-corrected chi connectivity index (χ4v) is 3.85. The number of carbonyl (C=O) groups is 2. The minimum atomic E-state index is -0.268. The SMILES string of the molecule is CCCCN1C(=O)C(SC(C)C)=C(c2ccc(Cl)cc2Cl)C1=O.